The van der Waals surface area contributed by atoms with Crippen LogP contribution in [0.15, 0.2) is 0 Å². The van der Waals surface area contributed by atoms with Crippen molar-refractivity contribution < 1.29 is 19.4 Å². The SMILES string of the molecule is CCOC(=O)C1(CC(O)CC)CCCCC1=O. The first kappa shape index (κ1) is 14.2. The molecule has 0 aromatic carbocycles. The Hall–Kier alpha value is -0.900. The standard InChI is InChI=1S/C13H22O4/c1-3-10(14)9-13(12(16)17-4-2)8-6-5-7-11(13)15/h10,14H,3-9H2,1-2H3. The van der Waals surface area contributed by atoms with Crippen molar-refractivity contribution in [3.8, 4) is 0 Å². The first-order valence-electron chi connectivity index (χ1n) is 6.45. The molecule has 0 amide bonds. The van der Waals surface area contributed by atoms with E-state index < -0.39 is 17.5 Å². The molecule has 0 radical (unpaired) electrons. The zero-order chi connectivity index (χ0) is 12.9. The summed E-state index contributed by atoms with van der Waals surface area (Å²) in [6, 6.07) is 0. The van der Waals surface area contributed by atoms with Crippen molar-refractivity contribution in [1.82, 2.24) is 0 Å². The van der Waals surface area contributed by atoms with Crippen LogP contribution < -0.4 is 0 Å². The van der Waals surface area contributed by atoms with E-state index in [0.29, 0.717) is 19.3 Å². The molecule has 17 heavy (non-hydrogen) atoms. The molecule has 1 fully saturated rings. The summed E-state index contributed by atoms with van der Waals surface area (Å²) in [7, 11) is 0. The Labute approximate surface area is 102 Å². The van der Waals surface area contributed by atoms with Gasteiger partial charge in [0.15, 0.2) is 0 Å². The van der Waals surface area contributed by atoms with E-state index in [-0.39, 0.29) is 18.8 Å². The Morgan fingerprint density at radius 1 is 1.47 bits per heavy atom. The average Bonchev–Trinajstić information content (AvgIpc) is 2.32. The largest absolute Gasteiger partial charge is 0.465 e. The first-order chi connectivity index (χ1) is 8.06. The number of aliphatic hydroxyl groups excluding tert-OH is 1. The molecule has 1 N–H and O–H groups in total. The monoisotopic (exact) mass is 242 g/mol. The van der Waals surface area contributed by atoms with Crippen LogP contribution in [-0.2, 0) is 14.3 Å². The van der Waals surface area contributed by atoms with E-state index in [0.717, 1.165) is 12.8 Å². The maximum absolute atomic E-state index is 12.1. The summed E-state index contributed by atoms with van der Waals surface area (Å²) in [6.07, 6.45) is 2.77. The highest BCUT2D eigenvalue weighted by atomic mass is 16.5. The van der Waals surface area contributed by atoms with Crippen molar-refractivity contribution in [3.05, 3.63) is 0 Å². The minimum absolute atomic E-state index is 0.0605. The quantitative estimate of drug-likeness (QED) is 0.590. The van der Waals surface area contributed by atoms with Crippen LogP contribution >= 0.6 is 0 Å². The third-order valence-corrected chi connectivity index (χ3v) is 3.51. The average molecular weight is 242 g/mol. The predicted molar refractivity (Wildman–Crippen MR) is 63.5 cm³/mol. The maximum atomic E-state index is 12.1. The van der Waals surface area contributed by atoms with Gasteiger partial charge in [0.25, 0.3) is 0 Å². The summed E-state index contributed by atoms with van der Waals surface area (Å²) in [5.74, 6) is -0.507. The molecule has 1 aliphatic rings. The number of ether oxygens (including phenoxy) is 1. The second-order valence-electron chi connectivity index (χ2n) is 4.70. The Morgan fingerprint density at radius 2 is 2.18 bits per heavy atom. The lowest BCUT2D eigenvalue weighted by atomic mass is 9.69. The van der Waals surface area contributed by atoms with Gasteiger partial charge in [-0.1, -0.05) is 13.3 Å². The van der Waals surface area contributed by atoms with Crippen LogP contribution in [0.3, 0.4) is 0 Å². The smallest absolute Gasteiger partial charge is 0.319 e. The molecule has 1 rings (SSSR count). The highest BCUT2D eigenvalue weighted by molar-refractivity contribution is 6.04. The van der Waals surface area contributed by atoms with E-state index in [1.54, 1.807) is 6.92 Å². The van der Waals surface area contributed by atoms with Gasteiger partial charge >= 0.3 is 5.97 Å². The zero-order valence-corrected chi connectivity index (χ0v) is 10.7. The third-order valence-electron chi connectivity index (χ3n) is 3.51. The fourth-order valence-corrected chi connectivity index (χ4v) is 2.42. The minimum Gasteiger partial charge on any atom is -0.465 e. The Kier molecular flexibility index (Phi) is 5.12. The van der Waals surface area contributed by atoms with E-state index in [2.05, 4.69) is 0 Å². The van der Waals surface area contributed by atoms with Gasteiger partial charge in [-0.2, -0.15) is 0 Å². The van der Waals surface area contributed by atoms with Crippen molar-refractivity contribution in [2.75, 3.05) is 6.61 Å². The first-order valence-corrected chi connectivity index (χ1v) is 6.45. The van der Waals surface area contributed by atoms with E-state index >= 15 is 0 Å². The van der Waals surface area contributed by atoms with E-state index in [4.69, 9.17) is 4.74 Å². The normalized spacial score (nSPS) is 26.6. The Morgan fingerprint density at radius 3 is 2.71 bits per heavy atom. The third kappa shape index (κ3) is 3.06. The summed E-state index contributed by atoms with van der Waals surface area (Å²) in [5.41, 5.74) is -1.08. The van der Waals surface area contributed by atoms with E-state index in [9.17, 15) is 14.7 Å². The lowest BCUT2D eigenvalue weighted by Gasteiger charge is -2.34. The van der Waals surface area contributed by atoms with Gasteiger partial charge in [-0.25, -0.2) is 0 Å². The molecule has 4 heteroatoms. The zero-order valence-electron chi connectivity index (χ0n) is 10.7. The fourth-order valence-electron chi connectivity index (χ4n) is 2.42. The second kappa shape index (κ2) is 6.15. The molecule has 0 saturated heterocycles. The molecular formula is C13H22O4. The van der Waals surface area contributed by atoms with Crippen LogP contribution in [0.4, 0.5) is 0 Å². The topological polar surface area (TPSA) is 63.6 Å². The van der Waals surface area contributed by atoms with Gasteiger partial charge in [0.05, 0.1) is 12.7 Å². The molecule has 0 spiro atoms. The summed E-state index contributed by atoms with van der Waals surface area (Å²) in [4.78, 5) is 24.1. The van der Waals surface area contributed by atoms with Gasteiger partial charge in [0, 0.05) is 6.42 Å². The fraction of sp³-hybridized carbons (Fsp3) is 0.846. The van der Waals surface area contributed by atoms with Gasteiger partial charge in [-0.15, -0.1) is 0 Å². The molecule has 0 bridgehead atoms. The molecule has 0 aromatic heterocycles. The molecule has 1 saturated carbocycles. The van der Waals surface area contributed by atoms with Crippen LogP contribution in [-0.4, -0.2) is 29.6 Å². The summed E-state index contributed by atoms with van der Waals surface area (Å²) in [5, 5.41) is 9.75. The molecule has 0 aliphatic heterocycles. The van der Waals surface area contributed by atoms with Gasteiger partial charge in [0.1, 0.15) is 11.2 Å². The lowest BCUT2D eigenvalue weighted by molar-refractivity contribution is -0.164. The summed E-state index contributed by atoms with van der Waals surface area (Å²) >= 11 is 0. The Balaban J connectivity index is 2.89. The number of carbonyl (C=O) groups excluding carboxylic acids is 2. The number of aliphatic hydroxyl groups is 1. The highest BCUT2D eigenvalue weighted by Crippen LogP contribution is 2.39. The van der Waals surface area contributed by atoms with Crippen molar-refractivity contribution in [3.63, 3.8) is 0 Å². The van der Waals surface area contributed by atoms with Crippen molar-refractivity contribution >= 4 is 11.8 Å². The van der Waals surface area contributed by atoms with Crippen molar-refractivity contribution in [2.24, 2.45) is 5.41 Å². The van der Waals surface area contributed by atoms with Crippen LogP contribution in [0.5, 0.6) is 0 Å². The number of Topliss-reactive ketones (excluding diaryl/α,β-unsaturated/α-hetero) is 1. The van der Waals surface area contributed by atoms with Crippen LogP contribution in [0.1, 0.15) is 52.4 Å². The highest BCUT2D eigenvalue weighted by Gasteiger charge is 2.48. The molecule has 4 nitrogen and oxygen atoms in total. The van der Waals surface area contributed by atoms with E-state index in [1.807, 2.05) is 6.92 Å². The van der Waals surface area contributed by atoms with Crippen molar-refractivity contribution in [2.45, 2.75) is 58.5 Å². The van der Waals surface area contributed by atoms with Crippen LogP contribution in [0, 0.1) is 5.41 Å². The molecule has 0 aromatic rings. The second-order valence-corrected chi connectivity index (χ2v) is 4.70. The lowest BCUT2D eigenvalue weighted by Crippen LogP contribution is -2.45. The number of hydrogen-bond donors (Lipinski definition) is 1. The number of ketones is 1. The molecule has 98 valence electrons. The minimum atomic E-state index is -1.08. The van der Waals surface area contributed by atoms with Crippen LogP contribution in [0.25, 0.3) is 0 Å². The van der Waals surface area contributed by atoms with Gasteiger partial charge < -0.3 is 9.84 Å². The number of hydrogen-bond acceptors (Lipinski definition) is 4. The molecule has 2 unspecified atom stereocenters. The van der Waals surface area contributed by atoms with Crippen LogP contribution in [0.2, 0.25) is 0 Å². The number of esters is 1. The molecule has 0 heterocycles. The van der Waals surface area contributed by atoms with E-state index in [1.165, 1.54) is 0 Å². The summed E-state index contributed by atoms with van der Waals surface area (Å²) in [6.45, 7) is 3.85. The van der Waals surface area contributed by atoms with Crippen molar-refractivity contribution in [1.29, 1.82) is 0 Å². The molecule has 1 aliphatic carbocycles. The predicted octanol–water partition coefficient (Wildman–Crippen LogP) is 1.84. The molecule has 2 atom stereocenters. The van der Waals surface area contributed by atoms with Gasteiger partial charge in [-0.05, 0) is 32.6 Å². The number of rotatable bonds is 5. The van der Waals surface area contributed by atoms with Gasteiger partial charge in [0.2, 0.25) is 0 Å². The summed E-state index contributed by atoms with van der Waals surface area (Å²) < 4.78 is 5.03. The Bertz CT molecular complexity index is 287. The van der Waals surface area contributed by atoms with Gasteiger partial charge in [-0.3, -0.25) is 9.59 Å². The number of carbonyl (C=O) groups is 2. The molecular weight excluding hydrogens is 220 g/mol. The maximum Gasteiger partial charge on any atom is 0.319 e.